The van der Waals surface area contributed by atoms with Crippen molar-refractivity contribution in [3.63, 3.8) is 0 Å². The van der Waals surface area contributed by atoms with Crippen LogP contribution in [0.2, 0.25) is 0 Å². The summed E-state index contributed by atoms with van der Waals surface area (Å²) in [6, 6.07) is 22.2. The van der Waals surface area contributed by atoms with Crippen molar-refractivity contribution in [2.24, 2.45) is 0 Å². The first-order valence-electron chi connectivity index (χ1n) is 12.2. The van der Waals surface area contributed by atoms with E-state index < -0.39 is 0 Å². The lowest BCUT2D eigenvalue weighted by molar-refractivity contribution is -0.111. The molecule has 0 unspecified atom stereocenters. The molecule has 0 aliphatic heterocycles. The van der Waals surface area contributed by atoms with Gasteiger partial charge < -0.3 is 20.0 Å². The third-order valence-corrected chi connectivity index (χ3v) is 5.94. The maximum atomic E-state index is 12.4. The largest absolute Gasteiger partial charge is 0.378 e. The van der Waals surface area contributed by atoms with E-state index in [9.17, 15) is 4.79 Å². The molecular weight excluding hydrogens is 460 g/mol. The second-order valence-corrected chi connectivity index (χ2v) is 9.67. The minimum atomic E-state index is -0.176. The van der Waals surface area contributed by atoms with Crippen LogP contribution in [0.25, 0.3) is 33.5 Å². The highest BCUT2D eigenvalue weighted by Crippen LogP contribution is 2.34. The van der Waals surface area contributed by atoms with Gasteiger partial charge in [-0.05, 0) is 56.6 Å². The van der Waals surface area contributed by atoms with Gasteiger partial charge in [-0.3, -0.25) is 4.79 Å². The molecule has 1 N–H and O–H groups in total. The number of nitrogens with one attached hydrogen (secondary N) is 1. The van der Waals surface area contributed by atoms with Crippen LogP contribution < -0.4 is 15.1 Å². The van der Waals surface area contributed by atoms with Crippen LogP contribution >= 0.6 is 0 Å². The Labute approximate surface area is 219 Å². The zero-order valence-corrected chi connectivity index (χ0v) is 22.4. The van der Waals surface area contributed by atoms with Crippen molar-refractivity contribution in [1.29, 1.82) is 0 Å². The number of anilines is 3. The second kappa shape index (κ2) is 11.2. The molecular formula is C30H34N6O. The van der Waals surface area contributed by atoms with E-state index in [1.807, 2.05) is 83.6 Å². The molecule has 1 amide bonds. The van der Waals surface area contributed by atoms with Crippen LogP contribution in [0.5, 0.6) is 0 Å². The summed E-state index contributed by atoms with van der Waals surface area (Å²) in [5.41, 5.74) is 7.91. The number of carbonyl (C=O) groups is 1. The van der Waals surface area contributed by atoms with Gasteiger partial charge in [-0.25, -0.2) is 9.97 Å². The van der Waals surface area contributed by atoms with Crippen LogP contribution in [0.1, 0.15) is 0 Å². The van der Waals surface area contributed by atoms with Crippen LogP contribution in [0.3, 0.4) is 0 Å². The number of likely N-dealkylation sites (N-methyl/N-ethyl adjacent to an activating group) is 1. The van der Waals surface area contributed by atoms with Crippen LogP contribution in [-0.2, 0) is 4.79 Å². The van der Waals surface area contributed by atoms with Gasteiger partial charge in [-0.15, -0.1) is 0 Å². The summed E-state index contributed by atoms with van der Waals surface area (Å²) in [6.45, 7) is 0.698. The highest BCUT2D eigenvalue weighted by atomic mass is 16.1. The van der Waals surface area contributed by atoms with Crippen molar-refractivity contribution in [3.05, 3.63) is 78.9 Å². The van der Waals surface area contributed by atoms with E-state index in [2.05, 4.69) is 51.5 Å². The standard InChI is InChI=1S/C30H34N6O/c1-34(2)17-9-14-28(37)31-23-15-16-26-27(20-23)33-30(22-11-8-13-25(19-22)36(5)6)29(32-26)21-10-7-12-24(18-21)35(3)4/h7-16,18-20H,17H2,1-6H3,(H,31,37)/b14-9+. The van der Waals surface area contributed by atoms with Crippen LogP contribution in [0, 0.1) is 0 Å². The van der Waals surface area contributed by atoms with E-state index in [1.54, 1.807) is 6.08 Å². The lowest BCUT2D eigenvalue weighted by Gasteiger charge is -2.17. The van der Waals surface area contributed by atoms with Gasteiger partial charge in [0.05, 0.1) is 22.4 Å². The SMILES string of the molecule is CN(C)C/C=C/C(=O)Nc1ccc2nc(-c3cccc(N(C)C)c3)c(-c3cccc(N(C)C)c3)nc2c1. The average Bonchev–Trinajstić information content (AvgIpc) is 2.87. The third kappa shape index (κ3) is 6.32. The first kappa shape index (κ1) is 25.9. The molecule has 7 nitrogen and oxygen atoms in total. The number of hydrogen-bond acceptors (Lipinski definition) is 6. The lowest BCUT2D eigenvalue weighted by atomic mass is 10.0. The molecule has 0 saturated heterocycles. The van der Waals surface area contributed by atoms with Gasteiger partial charge in [0, 0.05) is 69.0 Å². The van der Waals surface area contributed by atoms with Crippen molar-refractivity contribution in [2.45, 2.75) is 0 Å². The van der Waals surface area contributed by atoms with Crippen LogP contribution in [0.15, 0.2) is 78.9 Å². The van der Waals surface area contributed by atoms with Gasteiger partial charge in [-0.2, -0.15) is 0 Å². The molecule has 4 rings (SSSR count). The number of fused-ring (bicyclic) bond motifs is 1. The van der Waals surface area contributed by atoms with E-state index in [0.717, 1.165) is 39.4 Å². The zero-order valence-electron chi connectivity index (χ0n) is 22.4. The Balaban J connectivity index is 1.81. The molecule has 3 aromatic carbocycles. The lowest BCUT2D eigenvalue weighted by Crippen LogP contribution is -2.13. The third-order valence-electron chi connectivity index (χ3n) is 5.94. The highest BCUT2D eigenvalue weighted by Gasteiger charge is 2.15. The number of rotatable bonds is 8. The Morgan fingerprint density at radius 2 is 1.32 bits per heavy atom. The molecule has 37 heavy (non-hydrogen) atoms. The molecule has 1 aromatic heterocycles. The summed E-state index contributed by atoms with van der Waals surface area (Å²) in [7, 11) is 12.0. The van der Waals surface area contributed by atoms with Crippen molar-refractivity contribution < 1.29 is 4.79 Å². The van der Waals surface area contributed by atoms with E-state index in [-0.39, 0.29) is 5.91 Å². The average molecular weight is 495 g/mol. The highest BCUT2D eigenvalue weighted by molar-refractivity contribution is 6.00. The maximum absolute atomic E-state index is 12.4. The molecule has 0 fully saturated rings. The number of carbonyl (C=O) groups excluding carboxylic acids is 1. The minimum Gasteiger partial charge on any atom is -0.378 e. The smallest absolute Gasteiger partial charge is 0.248 e. The predicted molar refractivity (Wildman–Crippen MR) is 155 cm³/mol. The van der Waals surface area contributed by atoms with Gasteiger partial charge in [0.1, 0.15) is 0 Å². The fourth-order valence-electron chi connectivity index (χ4n) is 3.95. The molecule has 0 spiro atoms. The predicted octanol–water partition coefficient (Wildman–Crippen LogP) is 5.15. The Hall–Kier alpha value is -4.23. The molecule has 0 radical (unpaired) electrons. The maximum Gasteiger partial charge on any atom is 0.248 e. The fraction of sp³-hybridized carbons (Fsp3) is 0.233. The van der Waals surface area contributed by atoms with Gasteiger partial charge >= 0.3 is 0 Å². The summed E-state index contributed by atoms with van der Waals surface area (Å²) in [6.07, 6.45) is 3.38. The van der Waals surface area contributed by atoms with E-state index in [4.69, 9.17) is 9.97 Å². The molecule has 0 aliphatic carbocycles. The second-order valence-electron chi connectivity index (χ2n) is 9.67. The molecule has 0 atom stereocenters. The Morgan fingerprint density at radius 3 is 1.86 bits per heavy atom. The Morgan fingerprint density at radius 1 is 0.757 bits per heavy atom. The Bertz CT molecular complexity index is 1440. The molecule has 0 saturated carbocycles. The summed E-state index contributed by atoms with van der Waals surface area (Å²) in [5, 5.41) is 2.93. The molecule has 190 valence electrons. The number of benzene rings is 3. The summed E-state index contributed by atoms with van der Waals surface area (Å²) < 4.78 is 0. The van der Waals surface area contributed by atoms with Gasteiger partial charge in [-0.1, -0.05) is 30.3 Å². The quantitative estimate of drug-likeness (QED) is 0.342. The zero-order chi connectivity index (χ0) is 26.5. The van der Waals surface area contributed by atoms with Crippen LogP contribution in [0.4, 0.5) is 17.1 Å². The molecule has 1 heterocycles. The summed E-state index contributed by atoms with van der Waals surface area (Å²) in [4.78, 5) is 28.7. The fourth-order valence-corrected chi connectivity index (χ4v) is 3.95. The van der Waals surface area contributed by atoms with E-state index in [1.165, 1.54) is 0 Å². The van der Waals surface area contributed by atoms with Crippen molar-refractivity contribution in [1.82, 2.24) is 14.9 Å². The van der Waals surface area contributed by atoms with Crippen molar-refractivity contribution in [2.75, 3.05) is 63.9 Å². The van der Waals surface area contributed by atoms with Gasteiger partial charge in [0.2, 0.25) is 5.91 Å². The molecule has 0 bridgehead atoms. The molecule has 7 heteroatoms. The number of amides is 1. The number of nitrogens with zero attached hydrogens (tertiary/aromatic N) is 5. The first-order valence-corrected chi connectivity index (χ1v) is 12.2. The van der Waals surface area contributed by atoms with Gasteiger partial charge in [0.15, 0.2) is 0 Å². The van der Waals surface area contributed by atoms with E-state index >= 15 is 0 Å². The first-order chi connectivity index (χ1) is 17.7. The van der Waals surface area contributed by atoms with Crippen molar-refractivity contribution >= 4 is 34.0 Å². The summed E-state index contributed by atoms with van der Waals surface area (Å²) in [5.74, 6) is -0.176. The Kier molecular flexibility index (Phi) is 7.84. The van der Waals surface area contributed by atoms with Crippen molar-refractivity contribution in [3.8, 4) is 22.5 Å². The number of aromatic nitrogens is 2. The van der Waals surface area contributed by atoms with Gasteiger partial charge in [0.25, 0.3) is 0 Å². The number of hydrogen-bond donors (Lipinski definition) is 1. The topological polar surface area (TPSA) is 64.6 Å². The summed E-state index contributed by atoms with van der Waals surface area (Å²) >= 11 is 0. The van der Waals surface area contributed by atoms with E-state index in [0.29, 0.717) is 17.7 Å². The monoisotopic (exact) mass is 494 g/mol. The normalized spacial score (nSPS) is 11.3. The van der Waals surface area contributed by atoms with Crippen LogP contribution in [-0.4, -0.2) is 69.6 Å². The molecule has 0 aliphatic rings. The molecule has 4 aromatic rings. The minimum absolute atomic E-state index is 0.176.